The van der Waals surface area contributed by atoms with Crippen molar-refractivity contribution in [2.45, 2.75) is 43.5 Å². The van der Waals surface area contributed by atoms with Crippen LogP contribution in [0.5, 0.6) is 5.75 Å². The highest BCUT2D eigenvalue weighted by Gasteiger charge is 2.27. The molecule has 6 heteroatoms. The highest BCUT2D eigenvalue weighted by atomic mass is 35.5. The Morgan fingerprint density at radius 1 is 1.30 bits per heavy atom. The third-order valence-corrected chi connectivity index (χ3v) is 5.65. The molecule has 0 radical (unpaired) electrons. The average Bonchev–Trinajstić information content (AvgIpc) is 2.41. The largest absolute Gasteiger partial charge is 0.495 e. The lowest BCUT2D eigenvalue weighted by Gasteiger charge is -2.29. The summed E-state index contributed by atoms with van der Waals surface area (Å²) in [6, 6.07) is 4.51. The van der Waals surface area contributed by atoms with Crippen LogP contribution in [-0.2, 0) is 10.0 Å². The molecule has 0 saturated heterocycles. The Balaban J connectivity index is 2.21. The molecule has 0 heterocycles. The Kier molecular flexibility index (Phi) is 4.94. The first-order valence-corrected chi connectivity index (χ1v) is 8.66. The van der Waals surface area contributed by atoms with Gasteiger partial charge in [0.2, 0.25) is 10.0 Å². The lowest BCUT2D eigenvalue weighted by atomic mass is 9.87. The predicted molar refractivity (Wildman–Crippen MR) is 79.7 cm³/mol. The number of rotatable bonds is 4. The van der Waals surface area contributed by atoms with Crippen LogP contribution in [0.3, 0.4) is 0 Å². The predicted octanol–water partition coefficient (Wildman–Crippen LogP) is 3.21. The van der Waals surface area contributed by atoms with Gasteiger partial charge in [-0.2, -0.15) is 0 Å². The first-order chi connectivity index (χ1) is 9.44. The van der Waals surface area contributed by atoms with Crippen LogP contribution < -0.4 is 9.46 Å². The van der Waals surface area contributed by atoms with E-state index in [0.29, 0.717) is 16.7 Å². The third-order valence-electron chi connectivity index (χ3n) is 3.85. The average molecular weight is 318 g/mol. The van der Waals surface area contributed by atoms with Gasteiger partial charge in [0.15, 0.2) is 0 Å². The topological polar surface area (TPSA) is 55.4 Å². The van der Waals surface area contributed by atoms with Crippen LogP contribution in [0.25, 0.3) is 0 Å². The van der Waals surface area contributed by atoms with E-state index in [1.54, 1.807) is 6.07 Å². The van der Waals surface area contributed by atoms with Crippen molar-refractivity contribution in [1.29, 1.82) is 0 Å². The van der Waals surface area contributed by atoms with E-state index in [1.165, 1.54) is 25.7 Å². The Morgan fingerprint density at radius 2 is 2.00 bits per heavy atom. The van der Waals surface area contributed by atoms with Crippen LogP contribution in [0, 0.1) is 5.92 Å². The van der Waals surface area contributed by atoms with Gasteiger partial charge in [-0.1, -0.05) is 31.4 Å². The Hall–Kier alpha value is -0.780. The normalized spacial score (nSPS) is 23.6. The SMILES string of the molecule is COc1cc(S(=O)(=O)N[C@@H]2CCCC[C@@H]2C)ccc1Cl. The zero-order chi connectivity index (χ0) is 14.8. The molecule has 0 bridgehead atoms. The number of hydrogen-bond donors (Lipinski definition) is 1. The molecule has 1 saturated carbocycles. The Bertz CT molecular complexity index is 574. The van der Waals surface area contributed by atoms with Crippen molar-refractivity contribution < 1.29 is 13.2 Å². The first kappa shape index (κ1) is 15.6. The summed E-state index contributed by atoms with van der Waals surface area (Å²) < 4.78 is 32.7. The van der Waals surface area contributed by atoms with Crippen molar-refractivity contribution in [1.82, 2.24) is 4.72 Å². The van der Waals surface area contributed by atoms with Crippen molar-refractivity contribution >= 4 is 21.6 Å². The minimum absolute atomic E-state index is 0.00965. The van der Waals surface area contributed by atoms with Gasteiger partial charge in [-0.25, -0.2) is 13.1 Å². The van der Waals surface area contributed by atoms with E-state index in [2.05, 4.69) is 11.6 Å². The number of sulfonamides is 1. The molecule has 1 aliphatic rings. The quantitative estimate of drug-likeness (QED) is 0.927. The van der Waals surface area contributed by atoms with Gasteiger partial charge in [-0.3, -0.25) is 0 Å². The molecule has 1 aromatic carbocycles. The van der Waals surface area contributed by atoms with Gasteiger partial charge in [0, 0.05) is 12.1 Å². The van der Waals surface area contributed by atoms with Gasteiger partial charge in [-0.05, 0) is 30.9 Å². The van der Waals surface area contributed by atoms with Crippen molar-refractivity contribution in [2.75, 3.05) is 7.11 Å². The van der Waals surface area contributed by atoms with E-state index in [4.69, 9.17) is 16.3 Å². The smallest absolute Gasteiger partial charge is 0.240 e. The van der Waals surface area contributed by atoms with Crippen LogP contribution in [0.15, 0.2) is 23.1 Å². The molecule has 0 spiro atoms. The molecule has 1 aliphatic carbocycles. The zero-order valence-corrected chi connectivity index (χ0v) is 13.3. The number of hydrogen-bond acceptors (Lipinski definition) is 3. The molecule has 1 aromatic rings. The van der Waals surface area contributed by atoms with Crippen molar-refractivity contribution in [3.63, 3.8) is 0 Å². The lowest BCUT2D eigenvalue weighted by molar-refractivity contribution is 0.310. The summed E-state index contributed by atoms with van der Waals surface area (Å²) in [7, 11) is -2.06. The van der Waals surface area contributed by atoms with Crippen LogP contribution in [0.1, 0.15) is 32.6 Å². The molecular formula is C14H20ClNO3S. The van der Waals surface area contributed by atoms with Gasteiger partial charge in [-0.15, -0.1) is 0 Å². The molecule has 0 amide bonds. The van der Waals surface area contributed by atoms with Gasteiger partial charge in [0.25, 0.3) is 0 Å². The monoisotopic (exact) mass is 317 g/mol. The Morgan fingerprint density at radius 3 is 2.65 bits per heavy atom. The maximum absolute atomic E-state index is 12.4. The van der Waals surface area contributed by atoms with E-state index < -0.39 is 10.0 Å². The summed E-state index contributed by atoms with van der Waals surface area (Å²) in [6.45, 7) is 2.09. The molecule has 20 heavy (non-hydrogen) atoms. The highest BCUT2D eigenvalue weighted by molar-refractivity contribution is 7.89. The lowest BCUT2D eigenvalue weighted by Crippen LogP contribution is -2.40. The van der Waals surface area contributed by atoms with Gasteiger partial charge in [0.1, 0.15) is 5.75 Å². The van der Waals surface area contributed by atoms with Crippen LogP contribution >= 0.6 is 11.6 Å². The van der Waals surface area contributed by atoms with E-state index in [9.17, 15) is 8.42 Å². The summed E-state index contributed by atoms with van der Waals surface area (Å²) in [5.41, 5.74) is 0. The van der Waals surface area contributed by atoms with Crippen molar-refractivity contribution in [3.05, 3.63) is 23.2 Å². The summed E-state index contributed by atoms with van der Waals surface area (Å²) in [5.74, 6) is 0.735. The van der Waals surface area contributed by atoms with Crippen molar-refractivity contribution in [3.8, 4) is 5.75 Å². The van der Waals surface area contributed by atoms with Crippen molar-refractivity contribution in [2.24, 2.45) is 5.92 Å². The molecule has 112 valence electrons. The maximum Gasteiger partial charge on any atom is 0.240 e. The molecule has 0 unspecified atom stereocenters. The minimum atomic E-state index is -3.53. The second-order valence-electron chi connectivity index (χ2n) is 5.29. The molecule has 1 N–H and O–H groups in total. The molecule has 0 aromatic heterocycles. The van der Waals surface area contributed by atoms with Gasteiger partial charge >= 0.3 is 0 Å². The fourth-order valence-corrected chi connectivity index (χ4v) is 4.15. The summed E-state index contributed by atoms with van der Waals surface area (Å²) in [5, 5.41) is 0.400. The number of halogens is 1. The maximum atomic E-state index is 12.4. The molecule has 4 nitrogen and oxygen atoms in total. The van der Waals surface area contributed by atoms with Crippen LogP contribution in [0.4, 0.5) is 0 Å². The van der Waals surface area contributed by atoms with E-state index in [1.807, 2.05) is 0 Å². The number of nitrogens with one attached hydrogen (secondary N) is 1. The number of benzene rings is 1. The highest BCUT2D eigenvalue weighted by Crippen LogP contribution is 2.29. The Labute approximate surface area is 125 Å². The molecule has 2 rings (SSSR count). The standard InChI is InChI=1S/C14H20ClNO3S/c1-10-5-3-4-6-13(10)16-20(17,18)11-7-8-12(15)14(9-11)19-2/h7-10,13,16H,3-6H2,1-2H3/t10-,13+/m0/s1. The van der Waals surface area contributed by atoms with E-state index in [-0.39, 0.29) is 10.9 Å². The van der Waals surface area contributed by atoms with E-state index in [0.717, 1.165) is 19.3 Å². The third kappa shape index (κ3) is 3.45. The molecule has 1 fully saturated rings. The second kappa shape index (κ2) is 6.33. The summed E-state index contributed by atoms with van der Waals surface area (Å²) in [6.07, 6.45) is 4.21. The fraction of sp³-hybridized carbons (Fsp3) is 0.571. The van der Waals surface area contributed by atoms with Gasteiger partial charge in [0.05, 0.1) is 17.0 Å². The molecular weight excluding hydrogens is 298 g/mol. The number of ether oxygens (including phenoxy) is 1. The van der Waals surface area contributed by atoms with Gasteiger partial charge < -0.3 is 4.74 Å². The summed E-state index contributed by atoms with van der Waals surface area (Å²) >= 11 is 5.92. The van der Waals surface area contributed by atoms with E-state index >= 15 is 0 Å². The second-order valence-corrected chi connectivity index (χ2v) is 7.41. The molecule has 2 atom stereocenters. The van der Waals surface area contributed by atoms with Crippen LogP contribution in [-0.4, -0.2) is 21.6 Å². The van der Waals surface area contributed by atoms with Crippen LogP contribution in [0.2, 0.25) is 5.02 Å². The fourth-order valence-electron chi connectivity index (χ4n) is 2.57. The minimum Gasteiger partial charge on any atom is -0.495 e. The summed E-state index contributed by atoms with van der Waals surface area (Å²) in [4.78, 5) is 0.191. The zero-order valence-electron chi connectivity index (χ0n) is 11.7. The first-order valence-electron chi connectivity index (χ1n) is 6.80. The molecule has 0 aliphatic heterocycles. The number of methoxy groups -OCH3 is 1.